The third-order valence-corrected chi connectivity index (χ3v) is 5.25. The maximum atomic E-state index is 12.3. The molecule has 1 N–H and O–H groups in total. The predicted molar refractivity (Wildman–Crippen MR) is 92.9 cm³/mol. The monoisotopic (exact) mass is 353 g/mol. The fourth-order valence-electron chi connectivity index (χ4n) is 2.20. The minimum Gasteiger partial charge on any atom is -0.372 e. The minimum absolute atomic E-state index is 0.0663. The van der Waals surface area contributed by atoms with Gasteiger partial charge in [-0.15, -0.1) is 0 Å². The van der Waals surface area contributed by atoms with Crippen LogP contribution in [0.1, 0.15) is 18.1 Å². The largest absolute Gasteiger partial charge is 0.372 e. The van der Waals surface area contributed by atoms with Crippen LogP contribution in [-0.2, 0) is 26.1 Å². The molecule has 0 fully saturated rings. The molecule has 1 atom stereocenters. The first-order chi connectivity index (χ1) is 10.8. The molecule has 0 heterocycles. The van der Waals surface area contributed by atoms with Gasteiger partial charge in [-0.05, 0) is 30.2 Å². The SMILES string of the molecule is COC(C)(CNS(=O)(=O)Cc1ccccc1)c1cccc(Cl)c1. The van der Waals surface area contributed by atoms with E-state index in [1.807, 2.05) is 37.3 Å². The number of nitrogens with one attached hydrogen (secondary N) is 1. The molecule has 0 aromatic heterocycles. The van der Waals surface area contributed by atoms with Crippen molar-refractivity contribution in [2.75, 3.05) is 13.7 Å². The minimum atomic E-state index is -3.46. The second-order valence-corrected chi connectivity index (χ2v) is 7.75. The van der Waals surface area contributed by atoms with E-state index in [-0.39, 0.29) is 12.3 Å². The molecule has 0 saturated carbocycles. The molecule has 23 heavy (non-hydrogen) atoms. The normalized spacial score (nSPS) is 14.4. The molecule has 0 aliphatic rings. The van der Waals surface area contributed by atoms with Crippen molar-refractivity contribution in [2.45, 2.75) is 18.3 Å². The molecule has 0 aliphatic heterocycles. The molecule has 0 bridgehead atoms. The summed E-state index contributed by atoms with van der Waals surface area (Å²) in [6, 6.07) is 16.3. The number of ether oxygens (including phenoxy) is 1. The molecule has 0 spiro atoms. The predicted octanol–water partition coefficient (Wildman–Crippen LogP) is 3.32. The lowest BCUT2D eigenvalue weighted by molar-refractivity contribution is 0.00698. The first-order valence-corrected chi connectivity index (χ1v) is 9.20. The van der Waals surface area contributed by atoms with Crippen LogP contribution in [-0.4, -0.2) is 22.1 Å². The van der Waals surface area contributed by atoms with Crippen LogP contribution in [0.3, 0.4) is 0 Å². The molecule has 0 aliphatic carbocycles. The van der Waals surface area contributed by atoms with E-state index in [0.29, 0.717) is 5.02 Å². The number of methoxy groups -OCH3 is 1. The van der Waals surface area contributed by atoms with Crippen LogP contribution in [0.2, 0.25) is 5.02 Å². The van der Waals surface area contributed by atoms with Gasteiger partial charge in [0.15, 0.2) is 0 Å². The Hall–Kier alpha value is -1.40. The summed E-state index contributed by atoms with van der Waals surface area (Å²) >= 11 is 6.01. The Balaban J connectivity index is 2.10. The molecule has 124 valence electrons. The van der Waals surface area contributed by atoms with Crippen molar-refractivity contribution in [3.8, 4) is 0 Å². The van der Waals surface area contributed by atoms with Gasteiger partial charge < -0.3 is 4.74 Å². The van der Waals surface area contributed by atoms with Gasteiger partial charge in [-0.2, -0.15) is 0 Å². The van der Waals surface area contributed by atoms with Gasteiger partial charge in [0.2, 0.25) is 10.0 Å². The zero-order valence-electron chi connectivity index (χ0n) is 13.1. The standard InChI is InChI=1S/C17H20ClNO3S/c1-17(22-2,15-9-6-10-16(18)11-15)13-19-23(20,21)12-14-7-4-3-5-8-14/h3-11,19H,12-13H2,1-2H3. The van der Waals surface area contributed by atoms with E-state index in [0.717, 1.165) is 11.1 Å². The number of hydrogen-bond acceptors (Lipinski definition) is 3. The average Bonchev–Trinajstić information content (AvgIpc) is 2.53. The Bertz CT molecular complexity index is 749. The van der Waals surface area contributed by atoms with Gasteiger partial charge in [-0.1, -0.05) is 54.1 Å². The van der Waals surface area contributed by atoms with Gasteiger partial charge in [-0.25, -0.2) is 13.1 Å². The second-order valence-electron chi connectivity index (χ2n) is 5.51. The van der Waals surface area contributed by atoms with Gasteiger partial charge in [0.25, 0.3) is 0 Å². The van der Waals surface area contributed by atoms with E-state index in [1.54, 1.807) is 31.4 Å². The molecular formula is C17H20ClNO3S. The Morgan fingerprint density at radius 1 is 1.13 bits per heavy atom. The molecule has 6 heteroatoms. The third-order valence-electron chi connectivity index (χ3n) is 3.71. The number of sulfonamides is 1. The highest BCUT2D eigenvalue weighted by Crippen LogP contribution is 2.26. The van der Waals surface area contributed by atoms with Crippen molar-refractivity contribution in [1.29, 1.82) is 0 Å². The van der Waals surface area contributed by atoms with Gasteiger partial charge in [0, 0.05) is 18.7 Å². The lowest BCUT2D eigenvalue weighted by atomic mass is 9.96. The smallest absolute Gasteiger partial charge is 0.215 e. The van der Waals surface area contributed by atoms with E-state index in [9.17, 15) is 8.42 Å². The lowest BCUT2D eigenvalue weighted by Crippen LogP contribution is -2.40. The second kappa shape index (κ2) is 7.45. The van der Waals surface area contributed by atoms with Crippen LogP contribution in [0.25, 0.3) is 0 Å². The number of rotatable bonds is 7. The zero-order valence-corrected chi connectivity index (χ0v) is 14.7. The van der Waals surface area contributed by atoms with Gasteiger partial charge >= 0.3 is 0 Å². The van der Waals surface area contributed by atoms with Crippen molar-refractivity contribution < 1.29 is 13.2 Å². The quantitative estimate of drug-likeness (QED) is 0.830. The van der Waals surface area contributed by atoms with Gasteiger partial charge in [0.05, 0.1) is 5.75 Å². The van der Waals surface area contributed by atoms with Crippen LogP contribution in [0.4, 0.5) is 0 Å². The molecule has 2 rings (SSSR count). The summed E-state index contributed by atoms with van der Waals surface area (Å²) < 4.78 is 32.7. The van der Waals surface area contributed by atoms with E-state index < -0.39 is 15.6 Å². The molecule has 0 amide bonds. The van der Waals surface area contributed by atoms with E-state index in [1.165, 1.54) is 0 Å². The first kappa shape index (κ1) is 17.9. The van der Waals surface area contributed by atoms with Gasteiger partial charge in [-0.3, -0.25) is 0 Å². The van der Waals surface area contributed by atoms with Crippen molar-refractivity contribution in [3.63, 3.8) is 0 Å². The van der Waals surface area contributed by atoms with Crippen LogP contribution >= 0.6 is 11.6 Å². The molecule has 2 aromatic carbocycles. The van der Waals surface area contributed by atoms with E-state index in [2.05, 4.69) is 4.72 Å². The Morgan fingerprint density at radius 3 is 2.43 bits per heavy atom. The van der Waals surface area contributed by atoms with Crippen LogP contribution in [0, 0.1) is 0 Å². The summed E-state index contributed by atoms with van der Waals surface area (Å²) in [4.78, 5) is 0. The third kappa shape index (κ3) is 5.04. The highest BCUT2D eigenvalue weighted by Gasteiger charge is 2.28. The van der Waals surface area contributed by atoms with Gasteiger partial charge in [0.1, 0.15) is 5.60 Å². The average molecular weight is 354 g/mol. The van der Waals surface area contributed by atoms with Crippen molar-refractivity contribution in [3.05, 3.63) is 70.7 Å². The molecule has 0 radical (unpaired) electrons. The Kier molecular flexibility index (Phi) is 5.81. The fourth-order valence-corrected chi connectivity index (χ4v) is 3.62. The highest BCUT2D eigenvalue weighted by molar-refractivity contribution is 7.88. The summed E-state index contributed by atoms with van der Waals surface area (Å²) in [6.07, 6.45) is 0. The molecule has 2 aromatic rings. The molecule has 1 unspecified atom stereocenters. The van der Waals surface area contributed by atoms with Crippen molar-refractivity contribution in [2.24, 2.45) is 0 Å². The topological polar surface area (TPSA) is 55.4 Å². The Morgan fingerprint density at radius 2 is 1.83 bits per heavy atom. The first-order valence-electron chi connectivity index (χ1n) is 7.17. The molecule has 4 nitrogen and oxygen atoms in total. The zero-order chi connectivity index (χ0) is 16.9. The van der Waals surface area contributed by atoms with Crippen LogP contribution in [0.5, 0.6) is 0 Å². The summed E-state index contributed by atoms with van der Waals surface area (Å²) in [7, 11) is -1.91. The number of halogens is 1. The van der Waals surface area contributed by atoms with E-state index in [4.69, 9.17) is 16.3 Å². The number of benzene rings is 2. The maximum absolute atomic E-state index is 12.3. The molecule has 0 saturated heterocycles. The van der Waals surface area contributed by atoms with Crippen molar-refractivity contribution in [1.82, 2.24) is 4.72 Å². The fraction of sp³-hybridized carbons (Fsp3) is 0.294. The molecular weight excluding hydrogens is 334 g/mol. The van der Waals surface area contributed by atoms with Crippen molar-refractivity contribution >= 4 is 21.6 Å². The summed E-state index contributed by atoms with van der Waals surface area (Å²) in [5, 5.41) is 0.581. The maximum Gasteiger partial charge on any atom is 0.215 e. The highest BCUT2D eigenvalue weighted by atomic mass is 35.5. The Labute approximate surface area is 142 Å². The lowest BCUT2D eigenvalue weighted by Gasteiger charge is -2.29. The summed E-state index contributed by atoms with van der Waals surface area (Å²) in [5.41, 5.74) is 0.756. The number of hydrogen-bond donors (Lipinski definition) is 1. The van der Waals surface area contributed by atoms with E-state index >= 15 is 0 Å². The van der Waals surface area contributed by atoms with Crippen LogP contribution in [0.15, 0.2) is 54.6 Å². The summed E-state index contributed by atoms with van der Waals surface area (Å²) in [5.74, 6) is -0.0663. The summed E-state index contributed by atoms with van der Waals surface area (Å²) in [6.45, 7) is 1.95. The van der Waals surface area contributed by atoms with Crippen LogP contribution < -0.4 is 4.72 Å².